The van der Waals surface area contributed by atoms with Crippen LogP contribution >= 0.6 is 0 Å². The van der Waals surface area contributed by atoms with Gasteiger partial charge in [-0.05, 0) is 265 Å². The SMILES string of the molecule is O=C(O)[C@@H](c1cc(F)ccc1C1COCCO1)N1CC[C@@H](OCCCCc2ccc3c(n2)CCCC3)C1.O=C(O)[C@@H](c1cc(F)ccc1[C@@H]1CCCCO1)N1CC[C@H](OCCCCc2ccc3c(n2)NCCC3)C1.O=C(O)[C@H](c1cc(F)ccc1C1COCCO1)N1CC[C@@H](OCCCCc2ccc3c(n2)CCCC3)C1. The number of hydrogen-bond donors (Lipinski definition) is 4. The fourth-order valence-corrected chi connectivity index (χ4v) is 17.4. The fraction of sp³-hybridized carbons (Fsp3) is 0.586. The predicted octanol–water partition coefficient (Wildman–Crippen LogP) is 13.9. The molecular weight excluding hydrogens is 1420 g/mol. The molecule has 3 aromatic carbocycles. The Morgan fingerprint density at radius 1 is 0.432 bits per heavy atom. The lowest BCUT2D eigenvalue weighted by molar-refractivity contribution is -0.144. The van der Waals surface area contributed by atoms with E-state index >= 15 is 0 Å². The number of halogens is 3. The molecule has 0 bridgehead atoms. The first kappa shape index (κ1) is 81.7. The molecule has 6 aromatic rings. The van der Waals surface area contributed by atoms with E-state index < -0.39 is 65.7 Å². The number of ether oxygens (including phenoxy) is 8. The van der Waals surface area contributed by atoms with Crippen LogP contribution in [0.2, 0.25) is 0 Å². The minimum atomic E-state index is -0.998. The number of nitrogens with zero attached hydrogens (tertiary/aromatic N) is 6. The number of aryl methyl sites for hydroxylation is 8. The molecule has 9 aliphatic rings. The van der Waals surface area contributed by atoms with Gasteiger partial charge in [0.2, 0.25) is 0 Å². The molecule has 0 amide bonds. The molecule has 7 aliphatic heterocycles. The van der Waals surface area contributed by atoms with Gasteiger partial charge in [0.15, 0.2) is 0 Å². The van der Waals surface area contributed by atoms with Gasteiger partial charge in [-0.2, -0.15) is 0 Å². The Balaban J connectivity index is 0.000000146. The number of hydrogen-bond acceptors (Lipinski definition) is 18. The van der Waals surface area contributed by atoms with E-state index in [2.05, 4.69) is 41.7 Å². The lowest BCUT2D eigenvalue weighted by atomic mass is 9.92. The highest BCUT2D eigenvalue weighted by Gasteiger charge is 2.41. The summed E-state index contributed by atoms with van der Waals surface area (Å²) < 4.78 is 89.7. The first-order chi connectivity index (χ1) is 54.2. The van der Waals surface area contributed by atoms with Crippen molar-refractivity contribution in [2.75, 3.05) is 117 Å². The van der Waals surface area contributed by atoms with Gasteiger partial charge in [0.1, 0.15) is 53.6 Å². The van der Waals surface area contributed by atoms with E-state index in [9.17, 15) is 42.9 Å². The van der Waals surface area contributed by atoms with Crippen LogP contribution in [-0.2, 0) is 104 Å². The Hall–Kier alpha value is -7.33. The van der Waals surface area contributed by atoms with Gasteiger partial charge in [-0.1, -0.05) is 36.4 Å². The zero-order valence-electron chi connectivity index (χ0n) is 64.2. The van der Waals surface area contributed by atoms with Crippen molar-refractivity contribution >= 4 is 23.7 Å². The van der Waals surface area contributed by atoms with Crippen LogP contribution in [0.1, 0.15) is 224 Å². The molecule has 15 rings (SSSR count). The van der Waals surface area contributed by atoms with E-state index in [4.69, 9.17) is 52.8 Å². The van der Waals surface area contributed by atoms with Crippen molar-refractivity contribution in [1.29, 1.82) is 0 Å². The number of benzene rings is 3. The number of rotatable bonds is 30. The number of nitrogens with one attached hydrogen (secondary N) is 1. The molecule has 21 nitrogen and oxygen atoms in total. The molecule has 24 heteroatoms. The predicted molar refractivity (Wildman–Crippen MR) is 411 cm³/mol. The van der Waals surface area contributed by atoms with Crippen molar-refractivity contribution < 1.29 is 80.8 Å². The van der Waals surface area contributed by atoms with Crippen LogP contribution in [0, 0.1) is 17.5 Å². The summed E-state index contributed by atoms with van der Waals surface area (Å²) in [4.78, 5) is 57.3. The second-order valence-electron chi connectivity index (χ2n) is 31.0. The maximum absolute atomic E-state index is 14.3. The number of pyridine rings is 3. The molecular formula is C87H112F3N7O14. The maximum Gasteiger partial charge on any atom is 0.325 e. The Morgan fingerprint density at radius 3 is 1.23 bits per heavy atom. The van der Waals surface area contributed by atoms with Crippen molar-refractivity contribution in [3.8, 4) is 0 Å². The van der Waals surface area contributed by atoms with Crippen molar-refractivity contribution in [2.24, 2.45) is 0 Å². The van der Waals surface area contributed by atoms with E-state index in [0.29, 0.717) is 133 Å². The second kappa shape index (κ2) is 41.1. The third kappa shape index (κ3) is 22.6. The topological polar surface area (TPSA) is 246 Å². The zero-order chi connectivity index (χ0) is 76.8. The van der Waals surface area contributed by atoms with Gasteiger partial charge in [0, 0.05) is 101 Å². The molecule has 4 N–H and O–H groups in total. The van der Waals surface area contributed by atoms with Gasteiger partial charge in [-0.25, -0.2) is 18.2 Å². The number of unbranched alkanes of at least 4 members (excludes halogenated alkanes) is 3. The van der Waals surface area contributed by atoms with E-state index in [1.807, 2.05) is 14.7 Å². The van der Waals surface area contributed by atoms with E-state index in [1.165, 1.54) is 90.2 Å². The molecule has 2 aliphatic carbocycles. The summed E-state index contributed by atoms with van der Waals surface area (Å²) in [6.45, 7) is 9.39. The van der Waals surface area contributed by atoms with Crippen LogP contribution in [0.3, 0.4) is 0 Å². The second-order valence-corrected chi connectivity index (χ2v) is 31.0. The summed E-state index contributed by atoms with van der Waals surface area (Å²) in [6, 6.07) is 23.4. The lowest BCUT2D eigenvalue weighted by Gasteiger charge is -2.30. The summed E-state index contributed by atoms with van der Waals surface area (Å²) >= 11 is 0. The number of fused-ring (bicyclic) bond motifs is 3. The summed E-state index contributed by atoms with van der Waals surface area (Å²) in [5.74, 6) is -3.25. The standard InChI is InChI=1S/C29H38FN3O4.2C29H37FN2O5/c30-21-10-12-24(26-8-2-4-17-37-26)25(18-21)27(29(34)35)33-15-13-23(19-33)36-16-3-1-7-22-11-9-20-6-5-14-31-28(20)32-22;2*30-21-9-11-24(27-19-35-15-16-37-27)25(17-21)28(29(33)34)32-13-12-23(18-32)36-14-4-3-6-22-10-8-20-5-1-2-7-26(20)31-22/h9-12,18,23,26-27H,1-8,13-17,19H2,(H,31,32)(H,34,35);2*8-11,17,23,27-28H,1-7,12-16,18-19H2,(H,33,34)/t23-,26-,27+;23-,27?,28+;23-,27?,28-/m011/s1. The van der Waals surface area contributed by atoms with Crippen molar-refractivity contribution in [3.05, 3.63) is 187 Å². The molecule has 2 unspecified atom stereocenters. The molecule has 9 atom stereocenters. The maximum atomic E-state index is 14.3. The van der Waals surface area contributed by atoms with Gasteiger partial charge in [-0.3, -0.25) is 39.1 Å². The highest BCUT2D eigenvalue weighted by atomic mass is 19.1. The molecule has 0 radical (unpaired) electrons. The van der Waals surface area contributed by atoms with E-state index in [0.717, 1.165) is 170 Å². The summed E-state index contributed by atoms with van der Waals surface area (Å²) in [5, 5.41) is 33.8. The van der Waals surface area contributed by atoms with Crippen LogP contribution in [0.15, 0.2) is 91.0 Å². The summed E-state index contributed by atoms with van der Waals surface area (Å²) in [6.07, 6.45) is 24.5. The molecule has 111 heavy (non-hydrogen) atoms. The molecule has 6 saturated heterocycles. The van der Waals surface area contributed by atoms with Crippen LogP contribution in [0.5, 0.6) is 0 Å². The number of carboxylic acids is 3. The number of aromatic nitrogens is 3. The van der Waals surface area contributed by atoms with Gasteiger partial charge < -0.3 is 58.5 Å². The largest absolute Gasteiger partial charge is 0.480 e. The minimum Gasteiger partial charge on any atom is -0.480 e. The fourth-order valence-electron chi connectivity index (χ4n) is 17.4. The van der Waals surface area contributed by atoms with Crippen LogP contribution in [0.25, 0.3) is 0 Å². The molecule has 3 aromatic heterocycles. The van der Waals surface area contributed by atoms with Crippen LogP contribution in [0.4, 0.5) is 19.0 Å². The Kier molecular flexibility index (Phi) is 30.3. The number of carboxylic acid groups (broad SMARTS) is 3. The number of aliphatic carboxylic acids is 3. The Bertz CT molecular complexity index is 3630. The average Bonchev–Trinajstić information content (AvgIpc) is 1.50. The van der Waals surface area contributed by atoms with Crippen molar-refractivity contribution in [3.63, 3.8) is 0 Å². The smallest absolute Gasteiger partial charge is 0.325 e. The quantitative estimate of drug-likeness (QED) is 0.0306. The Morgan fingerprint density at radius 2 is 0.829 bits per heavy atom. The number of anilines is 1. The molecule has 0 spiro atoms. The highest BCUT2D eigenvalue weighted by molar-refractivity contribution is 5.78. The van der Waals surface area contributed by atoms with E-state index in [-0.39, 0.29) is 24.4 Å². The van der Waals surface area contributed by atoms with Gasteiger partial charge in [-0.15, -0.1) is 0 Å². The van der Waals surface area contributed by atoms with Crippen LogP contribution in [-0.4, -0.2) is 193 Å². The zero-order valence-corrected chi connectivity index (χ0v) is 64.2. The minimum absolute atomic E-state index is 0.0177. The third-order valence-electron chi connectivity index (χ3n) is 23.2. The van der Waals surface area contributed by atoms with Crippen molar-refractivity contribution in [1.82, 2.24) is 29.7 Å². The first-order valence-electron chi connectivity index (χ1n) is 41.1. The average molecular weight is 1540 g/mol. The summed E-state index contributed by atoms with van der Waals surface area (Å²) in [7, 11) is 0. The van der Waals surface area contributed by atoms with Gasteiger partial charge in [0.25, 0.3) is 0 Å². The molecule has 600 valence electrons. The van der Waals surface area contributed by atoms with Gasteiger partial charge >= 0.3 is 17.9 Å². The number of likely N-dealkylation sites (tertiary alicyclic amines) is 3. The molecule has 10 heterocycles. The highest BCUT2D eigenvalue weighted by Crippen LogP contribution is 2.40. The monoisotopic (exact) mass is 1540 g/mol. The molecule has 6 fully saturated rings. The first-order valence-corrected chi connectivity index (χ1v) is 41.1. The van der Waals surface area contributed by atoms with E-state index in [1.54, 1.807) is 18.2 Å². The van der Waals surface area contributed by atoms with Crippen LogP contribution < -0.4 is 5.32 Å². The molecule has 0 saturated carbocycles. The van der Waals surface area contributed by atoms with Crippen molar-refractivity contribution in [2.45, 2.75) is 215 Å². The lowest BCUT2D eigenvalue weighted by Crippen LogP contribution is -2.35. The summed E-state index contributed by atoms with van der Waals surface area (Å²) in [5.41, 5.74) is 13.6. The third-order valence-corrected chi connectivity index (χ3v) is 23.2. The number of carbonyl (C=O) groups is 3. The van der Waals surface area contributed by atoms with Gasteiger partial charge in [0.05, 0.1) is 64.1 Å². The Labute approximate surface area is 650 Å². The normalized spacial score (nSPS) is 23.0.